The summed E-state index contributed by atoms with van der Waals surface area (Å²) in [5, 5.41) is 8.52. The fraction of sp³-hybridized carbons (Fsp3) is 0.300. The lowest BCUT2D eigenvalue weighted by Crippen LogP contribution is -2.23. The van der Waals surface area contributed by atoms with Gasteiger partial charge in [-0.05, 0) is 68.0 Å². The Morgan fingerprint density at radius 3 is 2.75 bits per heavy atom. The molecule has 0 unspecified atom stereocenters. The van der Waals surface area contributed by atoms with Gasteiger partial charge in [0.2, 0.25) is 0 Å². The van der Waals surface area contributed by atoms with Crippen molar-refractivity contribution >= 4 is 29.1 Å². The summed E-state index contributed by atoms with van der Waals surface area (Å²) in [5.74, 6) is 0. The van der Waals surface area contributed by atoms with Crippen molar-refractivity contribution < 1.29 is 0 Å². The Hall–Kier alpha value is -2.07. The van der Waals surface area contributed by atoms with Gasteiger partial charge in [-0.15, -0.1) is 0 Å². The molecule has 0 amide bonds. The first-order valence-corrected chi connectivity index (χ1v) is 9.22. The van der Waals surface area contributed by atoms with E-state index in [4.69, 9.17) is 0 Å². The first-order chi connectivity index (χ1) is 11.7. The fourth-order valence-corrected chi connectivity index (χ4v) is 4.35. The topological polar surface area (TPSA) is 28.0 Å². The minimum Gasteiger partial charge on any atom is -0.312 e. The fourth-order valence-electron chi connectivity index (χ4n) is 3.23. The molecule has 0 atom stereocenters. The first kappa shape index (κ1) is 15.5. The Kier molecular flexibility index (Phi) is 4.15. The summed E-state index contributed by atoms with van der Waals surface area (Å²) in [6.45, 7) is 5.26. The SMILES string of the molecule is CC1=NN=C(c2ccc3c(c2)N(Sc2cccc(C)c2)CCC3)C1. The van der Waals surface area contributed by atoms with E-state index in [1.165, 1.54) is 33.7 Å². The van der Waals surface area contributed by atoms with Crippen molar-refractivity contribution in [1.29, 1.82) is 0 Å². The average molecular weight is 335 g/mol. The molecule has 0 radical (unpaired) electrons. The summed E-state index contributed by atoms with van der Waals surface area (Å²) < 4.78 is 2.43. The molecule has 4 rings (SSSR count). The number of fused-ring (bicyclic) bond motifs is 1. The highest BCUT2D eigenvalue weighted by Gasteiger charge is 2.20. The normalized spacial score (nSPS) is 16.7. The van der Waals surface area contributed by atoms with Gasteiger partial charge in [0.05, 0.1) is 11.4 Å². The van der Waals surface area contributed by atoms with Crippen LogP contribution in [0.15, 0.2) is 57.6 Å². The molecule has 2 heterocycles. The van der Waals surface area contributed by atoms with E-state index in [1.54, 1.807) is 0 Å². The van der Waals surface area contributed by atoms with Crippen LogP contribution in [-0.4, -0.2) is 18.0 Å². The summed E-state index contributed by atoms with van der Waals surface area (Å²) in [5.41, 5.74) is 7.44. The molecule has 4 heteroatoms. The van der Waals surface area contributed by atoms with Crippen LogP contribution in [-0.2, 0) is 6.42 Å². The molecule has 24 heavy (non-hydrogen) atoms. The Bertz CT molecular complexity index is 839. The van der Waals surface area contributed by atoms with Crippen LogP contribution >= 0.6 is 11.9 Å². The van der Waals surface area contributed by atoms with Crippen molar-refractivity contribution in [3.05, 3.63) is 59.2 Å². The highest BCUT2D eigenvalue weighted by Crippen LogP contribution is 2.36. The maximum Gasteiger partial charge on any atom is 0.0760 e. The summed E-state index contributed by atoms with van der Waals surface area (Å²) in [6, 6.07) is 15.5. The number of anilines is 1. The van der Waals surface area contributed by atoms with Crippen LogP contribution in [0.5, 0.6) is 0 Å². The molecule has 2 aromatic rings. The molecule has 0 aromatic heterocycles. The second kappa shape index (κ2) is 6.44. The zero-order valence-electron chi connectivity index (χ0n) is 14.1. The number of hydrogen-bond acceptors (Lipinski definition) is 4. The molecule has 0 saturated heterocycles. The van der Waals surface area contributed by atoms with Gasteiger partial charge in [-0.3, -0.25) is 0 Å². The van der Waals surface area contributed by atoms with E-state index in [1.807, 2.05) is 18.9 Å². The van der Waals surface area contributed by atoms with Crippen LogP contribution in [0.4, 0.5) is 5.69 Å². The lowest BCUT2D eigenvalue weighted by Gasteiger charge is -2.30. The Balaban J connectivity index is 1.63. The molecule has 2 aliphatic rings. The highest BCUT2D eigenvalue weighted by atomic mass is 32.2. The quantitative estimate of drug-likeness (QED) is 0.736. The van der Waals surface area contributed by atoms with E-state index < -0.39 is 0 Å². The predicted octanol–water partition coefficient (Wildman–Crippen LogP) is 5.02. The summed E-state index contributed by atoms with van der Waals surface area (Å²) >= 11 is 1.84. The van der Waals surface area contributed by atoms with Crippen molar-refractivity contribution in [2.75, 3.05) is 10.8 Å². The van der Waals surface area contributed by atoms with E-state index in [-0.39, 0.29) is 0 Å². The number of hydrogen-bond donors (Lipinski definition) is 0. The van der Waals surface area contributed by atoms with Crippen molar-refractivity contribution in [2.24, 2.45) is 10.2 Å². The Morgan fingerprint density at radius 1 is 1.04 bits per heavy atom. The van der Waals surface area contributed by atoms with Crippen molar-refractivity contribution in [2.45, 2.75) is 38.0 Å². The van der Waals surface area contributed by atoms with E-state index >= 15 is 0 Å². The standard InChI is InChI=1S/C20H21N3S/c1-14-5-3-7-18(11-14)24-23-10-4-6-16-8-9-17(13-20(16)23)19-12-15(2)21-22-19/h3,5,7-9,11,13H,4,6,10,12H2,1-2H3. The van der Waals surface area contributed by atoms with Gasteiger partial charge in [0.15, 0.2) is 0 Å². The van der Waals surface area contributed by atoms with Crippen LogP contribution in [0.1, 0.15) is 36.5 Å². The maximum absolute atomic E-state index is 4.34. The molecular formula is C20H21N3S. The van der Waals surface area contributed by atoms with Gasteiger partial charge >= 0.3 is 0 Å². The van der Waals surface area contributed by atoms with Crippen molar-refractivity contribution in [3.8, 4) is 0 Å². The number of benzene rings is 2. The van der Waals surface area contributed by atoms with Gasteiger partial charge < -0.3 is 4.31 Å². The second-order valence-corrected chi connectivity index (χ2v) is 7.61. The zero-order chi connectivity index (χ0) is 16.5. The minimum atomic E-state index is 0.865. The first-order valence-electron chi connectivity index (χ1n) is 8.44. The largest absolute Gasteiger partial charge is 0.312 e. The number of aryl methyl sites for hydroxylation is 2. The lowest BCUT2D eigenvalue weighted by molar-refractivity contribution is 0.795. The third-order valence-electron chi connectivity index (χ3n) is 4.46. The van der Waals surface area contributed by atoms with E-state index in [0.717, 1.165) is 30.8 Å². The smallest absolute Gasteiger partial charge is 0.0760 e. The van der Waals surface area contributed by atoms with E-state index in [9.17, 15) is 0 Å². The Morgan fingerprint density at radius 2 is 1.96 bits per heavy atom. The molecule has 122 valence electrons. The highest BCUT2D eigenvalue weighted by molar-refractivity contribution is 8.00. The van der Waals surface area contributed by atoms with Crippen LogP contribution in [0.3, 0.4) is 0 Å². The molecule has 2 aromatic carbocycles. The van der Waals surface area contributed by atoms with Gasteiger partial charge in [-0.2, -0.15) is 10.2 Å². The van der Waals surface area contributed by atoms with Crippen LogP contribution in [0.25, 0.3) is 0 Å². The zero-order valence-corrected chi connectivity index (χ0v) is 14.9. The van der Waals surface area contributed by atoms with Gasteiger partial charge in [0, 0.05) is 29.1 Å². The number of rotatable bonds is 3. The molecule has 0 fully saturated rings. The van der Waals surface area contributed by atoms with Crippen molar-refractivity contribution in [3.63, 3.8) is 0 Å². The number of nitrogens with zero attached hydrogens (tertiary/aromatic N) is 3. The predicted molar refractivity (Wildman–Crippen MR) is 103 cm³/mol. The lowest BCUT2D eigenvalue weighted by atomic mass is 9.98. The molecule has 0 spiro atoms. The molecule has 0 bridgehead atoms. The minimum absolute atomic E-state index is 0.865. The Labute approximate surface area is 147 Å². The average Bonchev–Trinajstić information content (AvgIpc) is 3.01. The van der Waals surface area contributed by atoms with Crippen LogP contribution < -0.4 is 4.31 Å². The summed E-state index contributed by atoms with van der Waals surface area (Å²) in [7, 11) is 0. The molecule has 2 aliphatic heterocycles. The monoisotopic (exact) mass is 335 g/mol. The van der Waals surface area contributed by atoms with E-state index in [0.29, 0.717) is 0 Å². The molecular weight excluding hydrogens is 314 g/mol. The molecule has 0 aliphatic carbocycles. The maximum atomic E-state index is 4.34. The molecule has 3 nitrogen and oxygen atoms in total. The van der Waals surface area contributed by atoms with Crippen LogP contribution in [0, 0.1) is 6.92 Å². The summed E-state index contributed by atoms with van der Waals surface area (Å²) in [6.07, 6.45) is 3.22. The molecule has 0 saturated carbocycles. The molecule has 0 N–H and O–H groups in total. The van der Waals surface area contributed by atoms with E-state index in [2.05, 4.69) is 63.9 Å². The van der Waals surface area contributed by atoms with Crippen molar-refractivity contribution in [1.82, 2.24) is 0 Å². The van der Waals surface area contributed by atoms with Crippen LogP contribution in [0.2, 0.25) is 0 Å². The summed E-state index contributed by atoms with van der Waals surface area (Å²) in [4.78, 5) is 1.30. The third-order valence-corrected chi connectivity index (χ3v) is 5.53. The third kappa shape index (κ3) is 3.11. The van der Waals surface area contributed by atoms with Gasteiger partial charge in [-0.25, -0.2) is 0 Å². The van der Waals surface area contributed by atoms with Gasteiger partial charge in [0.1, 0.15) is 0 Å². The van der Waals surface area contributed by atoms with Gasteiger partial charge in [-0.1, -0.05) is 24.3 Å². The van der Waals surface area contributed by atoms with Gasteiger partial charge in [0.25, 0.3) is 0 Å². The second-order valence-electron chi connectivity index (χ2n) is 6.52.